The first-order valence-electron chi connectivity index (χ1n) is 27.6. The predicted molar refractivity (Wildman–Crippen MR) is 292 cm³/mol. The smallest absolute Gasteiger partial charge is 0.306 e. The zero-order valence-corrected chi connectivity index (χ0v) is 46.7. The van der Waals surface area contributed by atoms with E-state index in [1.165, 1.54) is 109 Å². The molecule has 68 heavy (non-hydrogen) atoms. The second-order valence-corrected chi connectivity index (χ2v) is 22.6. The van der Waals surface area contributed by atoms with Crippen molar-refractivity contribution in [2.24, 2.45) is 0 Å². The van der Waals surface area contributed by atoms with E-state index in [1.54, 1.807) is 23.5 Å². The monoisotopic (exact) mass is 1020 g/mol. The first kappa shape index (κ1) is 66.4. The van der Waals surface area contributed by atoms with Crippen molar-refractivity contribution < 1.29 is 38.2 Å². The Hall–Kier alpha value is -1.64. The van der Waals surface area contributed by atoms with Crippen LogP contribution in [0.5, 0.6) is 0 Å². The maximum absolute atomic E-state index is 13.2. The lowest BCUT2D eigenvalue weighted by molar-refractivity contribution is -0.144. The maximum Gasteiger partial charge on any atom is 0.306 e. The summed E-state index contributed by atoms with van der Waals surface area (Å²) in [5.41, 5.74) is 0. The standard InChI is InChI=1S/C54H103N3O8S3/c1-6-9-12-15-18-19-20-21-22-25-30-41-64-53(61)37-46-67-44-35-49(54(62)55-38-39-57(4)5)56-50(58)32-28-27-31-48(68-47-42-65-51(59)33-26-23-16-13-10-7-2)34-43-66-45-36-52(60)63-40-29-24-17-14-11-8-3/h48-49H,6-47H2,1-5H3,(H,55,62)(H,56,58). The molecule has 0 aromatic rings. The number of nitrogens with zero attached hydrogens (tertiary/aromatic N) is 1. The van der Waals surface area contributed by atoms with Gasteiger partial charge in [0.2, 0.25) is 11.8 Å². The fraction of sp³-hybridized carbons (Fsp3) is 0.907. The van der Waals surface area contributed by atoms with E-state index in [0.717, 1.165) is 75.0 Å². The molecular formula is C54H103N3O8S3. The van der Waals surface area contributed by atoms with Crippen molar-refractivity contribution in [1.29, 1.82) is 0 Å². The maximum atomic E-state index is 13.2. The van der Waals surface area contributed by atoms with Crippen LogP contribution in [0.15, 0.2) is 0 Å². The van der Waals surface area contributed by atoms with Crippen molar-refractivity contribution >= 4 is 65.0 Å². The van der Waals surface area contributed by atoms with Crippen molar-refractivity contribution in [3.8, 4) is 0 Å². The molecule has 2 amide bonds. The molecule has 2 atom stereocenters. The molecule has 14 heteroatoms. The van der Waals surface area contributed by atoms with Crippen LogP contribution in [-0.4, -0.2) is 122 Å². The van der Waals surface area contributed by atoms with Gasteiger partial charge in [-0.05, 0) is 70.5 Å². The molecule has 0 radical (unpaired) electrons. The topological polar surface area (TPSA) is 140 Å². The average molecular weight is 1020 g/mol. The zero-order chi connectivity index (χ0) is 50.0. The van der Waals surface area contributed by atoms with Crippen LogP contribution in [0.25, 0.3) is 0 Å². The number of carbonyl (C=O) groups is 5. The fourth-order valence-corrected chi connectivity index (χ4v) is 10.8. The Labute approximate surface area is 429 Å². The van der Waals surface area contributed by atoms with Crippen LogP contribution in [0.3, 0.4) is 0 Å². The zero-order valence-electron chi connectivity index (χ0n) is 44.3. The number of unbranched alkanes of at least 4 members (excludes halogenated alkanes) is 21. The van der Waals surface area contributed by atoms with Crippen molar-refractivity contribution in [3.63, 3.8) is 0 Å². The number of thioether (sulfide) groups is 3. The SMILES string of the molecule is CCCCCCCCCCCCCOC(=O)CCSCCC(NC(=O)CCCCC(CCSCCC(=O)OCCCCCCCC)SCCOC(=O)CCCCCCCC)C(=O)NCCN(C)C. The van der Waals surface area contributed by atoms with Crippen LogP contribution in [0.2, 0.25) is 0 Å². The van der Waals surface area contributed by atoms with E-state index in [-0.39, 0.29) is 29.7 Å². The van der Waals surface area contributed by atoms with Gasteiger partial charge >= 0.3 is 17.9 Å². The molecule has 2 N–H and O–H groups in total. The number of hydrogen-bond acceptors (Lipinski definition) is 12. The molecule has 0 saturated heterocycles. The normalized spacial score (nSPS) is 12.2. The number of ether oxygens (including phenoxy) is 3. The molecule has 0 fully saturated rings. The summed E-state index contributed by atoms with van der Waals surface area (Å²) in [5.74, 6) is 2.92. The van der Waals surface area contributed by atoms with E-state index in [1.807, 2.05) is 30.8 Å². The molecular weight excluding hydrogens is 915 g/mol. The molecule has 0 aliphatic carbocycles. The van der Waals surface area contributed by atoms with Gasteiger partial charge in [-0.25, -0.2) is 0 Å². The Bertz CT molecular complexity index is 1200. The van der Waals surface area contributed by atoms with Gasteiger partial charge in [0, 0.05) is 48.4 Å². The van der Waals surface area contributed by atoms with Crippen LogP contribution in [-0.2, 0) is 38.2 Å². The van der Waals surface area contributed by atoms with E-state index in [4.69, 9.17) is 14.2 Å². The Morgan fingerprint density at radius 3 is 1.41 bits per heavy atom. The van der Waals surface area contributed by atoms with Gasteiger partial charge in [0.25, 0.3) is 0 Å². The Morgan fingerprint density at radius 1 is 0.456 bits per heavy atom. The van der Waals surface area contributed by atoms with Gasteiger partial charge in [-0.2, -0.15) is 35.3 Å². The molecule has 0 rings (SSSR count). The molecule has 2 unspecified atom stereocenters. The van der Waals surface area contributed by atoms with E-state index in [0.29, 0.717) is 88.2 Å². The molecule has 0 aromatic carbocycles. The van der Waals surface area contributed by atoms with Gasteiger partial charge in [0.05, 0.1) is 26.1 Å². The minimum absolute atomic E-state index is 0.115. The highest BCUT2D eigenvalue weighted by molar-refractivity contribution is 8.00. The summed E-state index contributed by atoms with van der Waals surface area (Å²) < 4.78 is 16.5. The largest absolute Gasteiger partial charge is 0.466 e. The molecule has 0 saturated carbocycles. The van der Waals surface area contributed by atoms with Crippen molar-refractivity contribution in [2.75, 3.05) is 75.8 Å². The van der Waals surface area contributed by atoms with Gasteiger partial charge in [0.15, 0.2) is 0 Å². The minimum Gasteiger partial charge on any atom is -0.466 e. The highest BCUT2D eigenvalue weighted by Gasteiger charge is 2.21. The fourth-order valence-electron chi connectivity index (χ4n) is 7.62. The van der Waals surface area contributed by atoms with Crippen LogP contribution in [0, 0.1) is 0 Å². The van der Waals surface area contributed by atoms with Crippen LogP contribution in [0.4, 0.5) is 0 Å². The number of carbonyl (C=O) groups excluding carboxylic acids is 5. The van der Waals surface area contributed by atoms with Gasteiger partial charge in [-0.15, -0.1) is 0 Å². The molecule has 0 spiro atoms. The van der Waals surface area contributed by atoms with E-state index in [2.05, 4.69) is 31.4 Å². The summed E-state index contributed by atoms with van der Waals surface area (Å²) in [4.78, 5) is 65.4. The van der Waals surface area contributed by atoms with Gasteiger partial charge < -0.3 is 29.7 Å². The summed E-state index contributed by atoms with van der Waals surface area (Å²) in [6.45, 7) is 9.26. The Morgan fingerprint density at radius 2 is 0.897 bits per heavy atom. The highest BCUT2D eigenvalue weighted by Crippen LogP contribution is 2.24. The molecule has 400 valence electrons. The number of amides is 2. The third-order valence-corrected chi connectivity index (χ3v) is 15.3. The summed E-state index contributed by atoms with van der Waals surface area (Å²) in [6, 6.07) is -0.637. The van der Waals surface area contributed by atoms with Gasteiger partial charge in [-0.3, -0.25) is 24.0 Å². The van der Waals surface area contributed by atoms with Crippen molar-refractivity contribution in [2.45, 2.75) is 238 Å². The molecule has 0 aliphatic heterocycles. The molecule has 0 aliphatic rings. The summed E-state index contributed by atoms with van der Waals surface area (Å²) in [7, 11) is 3.91. The third-order valence-electron chi connectivity index (χ3n) is 11.9. The third kappa shape index (κ3) is 48.0. The van der Waals surface area contributed by atoms with Crippen LogP contribution >= 0.6 is 35.3 Å². The van der Waals surface area contributed by atoms with E-state index in [9.17, 15) is 24.0 Å². The quantitative estimate of drug-likeness (QED) is 0.0340. The lowest BCUT2D eigenvalue weighted by Crippen LogP contribution is -2.48. The number of nitrogens with one attached hydrogen (secondary N) is 2. The first-order chi connectivity index (χ1) is 33.1. The van der Waals surface area contributed by atoms with Crippen molar-refractivity contribution in [3.05, 3.63) is 0 Å². The second-order valence-electron chi connectivity index (χ2n) is 18.7. The lowest BCUT2D eigenvalue weighted by Gasteiger charge is -2.20. The second kappa shape index (κ2) is 51.7. The van der Waals surface area contributed by atoms with Crippen LogP contribution < -0.4 is 10.6 Å². The number of likely N-dealkylation sites (N-methyl/N-ethyl adjacent to an activating group) is 1. The Kier molecular flexibility index (Phi) is 50.5. The molecule has 0 aromatic heterocycles. The van der Waals surface area contributed by atoms with Crippen LogP contribution in [0.1, 0.15) is 226 Å². The number of hydrogen-bond donors (Lipinski definition) is 2. The minimum atomic E-state index is -0.637. The number of esters is 3. The summed E-state index contributed by atoms with van der Waals surface area (Å²) in [5, 5.41) is 6.33. The molecule has 0 heterocycles. The molecule has 0 bridgehead atoms. The summed E-state index contributed by atoms with van der Waals surface area (Å²) >= 11 is 5.20. The summed E-state index contributed by atoms with van der Waals surface area (Å²) in [6.07, 6.45) is 33.1. The number of rotatable bonds is 52. The predicted octanol–water partition coefficient (Wildman–Crippen LogP) is 12.9. The highest BCUT2D eigenvalue weighted by atomic mass is 32.2. The van der Waals surface area contributed by atoms with Crippen molar-refractivity contribution in [1.82, 2.24) is 15.5 Å². The average Bonchev–Trinajstić information content (AvgIpc) is 3.31. The van der Waals surface area contributed by atoms with Gasteiger partial charge in [-0.1, -0.05) is 156 Å². The molecule has 11 nitrogen and oxygen atoms in total. The van der Waals surface area contributed by atoms with E-state index >= 15 is 0 Å². The Balaban J connectivity index is 4.78. The lowest BCUT2D eigenvalue weighted by atomic mass is 10.1. The first-order valence-corrected chi connectivity index (χ1v) is 30.9. The van der Waals surface area contributed by atoms with E-state index < -0.39 is 6.04 Å². The van der Waals surface area contributed by atoms with Gasteiger partial charge in [0.1, 0.15) is 12.6 Å².